The van der Waals surface area contributed by atoms with E-state index in [1.807, 2.05) is 30.3 Å². The first-order valence-corrected chi connectivity index (χ1v) is 11.9. The SMILES string of the molecule is Cc1nc(-c2cc(S(=O)(=O)N3CCC(C(=O)Nc4ccccc4)CC3)c(C)s2)no1. The van der Waals surface area contributed by atoms with E-state index >= 15 is 0 Å². The number of thiophene rings is 1. The van der Waals surface area contributed by atoms with E-state index in [2.05, 4.69) is 15.5 Å². The molecule has 1 aromatic carbocycles. The minimum Gasteiger partial charge on any atom is -0.339 e. The number of nitrogens with one attached hydrogen (secondary N) is 1. The molecule has 1 amide bonds. The Bertz CT molecular complexity index is 1150. The highest BCUT2D eigenvalue weighted by molar-refractivity contribution is 7.89. The molecule has 1 aliphatic rings. The molecule has 1 aliphatic heterocycles. The average molecular weight is 447 g/mol. The average Bonchev–Trinajstić information content (AvgIpc) is 3.35. The molecule has 30 heavy (non-hydrogen) atoms. The third kappa shape index (κ3) is 4.16. The first-order valence-electron chi connectivity index (χ1n) is 9.62. The maximum absolute atomic E-state index is 13.2. The van der Waals surface area contributed by atoms with Crippen molar-refractivity contribution in [1.82, 2.24) is 14.4 Å². The first-order chi connectivity index (χ1) is 14.3. The molecule has 0 aliphatic carbocycles. The Kier molecular flexibility index (Phi) is 5.72. The van der Waals surface area contributed by atoms with E-state index < -0.39 is 10.0 Å². The summed E-state index contributed by atoms with van der Waals surface area (Å²) in [5, 5.41) is 6.77. The van der Waals surface area contributed by atoms with Crippen LogP contribution in [0.3, 0.4) is 0 Å². The molecule has 3 heterocycles. The van der Waals surface area contributed by atoms with Gasteiger partial charge in [0, 0.05) is 36.5 Å². The quantitative estimate of drug-likeness (QED) is 0.643. The summed E-state index contributed by atoms with van der Waals surface area (Å²) in [5.74, 6) is 0.535. The molecule has 0 unspecified atom stereocenters. The number of hydrogen-bond acceptors (Lipinski definition) is 7. The van der Waals surface area contributed by atoms with Gasteiger partial charge in [-0.05, 0) is 38.0 Å². The standard InChI is InChI=1S/C20H22N4O4S2/c1-13-18(12-17(29-13)19-21-14(2)28-23-19)30(26,27)24-10-8-15(9-11-24)20(25)22-16-6-4-3-5-7-16/h3-7,12,15H,8-11H2,1-2H3,(H,22,25). The van der Waals surface area contributed by atoms with E-state index in [0.29, 0.717) is 47.4 Å². The van der Waals surface area contributed by atoms with Crippen molar-refractivity contribution in [2.75, 3.05) is 18.4 Å². The number of amides is 1. The van der Waals surface area contributed by atoms with E-state index in [1.165, 1.54) is 15.6 Å². The van der Waals surface area contributed by atoms with Crippen LogP contribution in [-0.4, -0.2) is 41.9 Å². The highest BCUT2D eigenvalue weighted by Gasteiger charge is 2.34. The number of para-hydroxylation sites is 1. The topological polar surface area (TPSA) is 105 Å². The molecule has 8 nitrogen and oxygen atoms in total. The Balaban J connectivity index is 1.44. The lowest BCUT2D eigenvalue weighted by Gasteiger charge is -2.30. The summed E-state index contributed by atoms with van der Waals surface area (Å²) in [5.41, 5.74) is 0.746. The molecule has 0 spiro atoms. The van der Waals surface area contributed by atoms with Crippen LogP contribution in [0.1, 0.15) is 23.6 Å². The van der Waals surface area contributed by atoms with Gasteiger partial charge in [-0.2, -0.15) is 9.29 Å². The van der Waals surface area contributed by atoms with Crippen molar-refractivity contribution in [2.24, 2.45) is 5.92 Å². The zero-order valence-corrected chi connectivity index (χ0v) is 18.3. The van der Waals surface area contributed by atoms with Crippen LogP contribution in [0.2, 0.25) is 0 Å². The Morgan fingerprint density at radius 1 is 1.20 bits per heavy atom. The van der Waals surface area contributed by atoms with Gasteiger partial charge in [0.1, 0.15) is 0 Å². The molecule has 1 saturated heterocycles. The van der Waals surface area contributed by atoms with Gasteiger partial charge in [-0.15, -0.1) is 11.3 Å². The molecule has 1 fully saturated rings. The van der Waals surface area contributed by atoms with E-state index in [1.54, 1.807) is 19.9 Å². The highest BCUT2D eigenvalue weighted by atomic mass is 32.2. The van der Waals surface area contributed by atoms with Crippen LogP contribution in [0.15, 0.2) is 45.8 Å². The van der Waals surface area contributed by atoms with Crippen LogP contribution in [-0.2, 0) is 14.8 Å². The molecule has 4 rings (SSSR count). The number of sulfonamides is 1. The summed E-state index contributed by atoms with van der Waals surface area (Å²) in [7, 11) is -3.66. The number of rotatable bonds is 5. The number of piperidine rings is 1. The Hall–Kier alpha value is -2.56. The number of hydrogen-bond donors (Lipinski definition) is 1. The van der Waals surface area contributed by atoms with E-state index in [-0.39, 0.29) is 16.7 Å². The molecule has 10 heteroatoms. The summed E-state index contributed by atoms with van der Waals surface area (Å²) < 4.78 is 32.8. The molecule has 2 aromatic heterocycles. The fourth-order valence-corrected chi connectivity index (χ4v) is 6.45. The van der Waals surface area contributed by atoms with Crippen molar-refractivity contribution < 1.29 is 17.7 Å². The normalized spacial score (nSPS) is 15.9. The van der Waals surface area contributed by atoms with E-state index in [9.17, 15) is 13.2 Å². The van der Waals surface area contributed by atoms with Crippen molar-refractivity contribution in [3.63, 3.8) is 0 Å². The predicted octanol–water partition coefficient (Wildman–Crippen LogP) is 3.45. The number of aryl methyl sites for hydroxylation is 2. The van der Waals surface area contributed by atoms with Crippen molar-refractivity contribution in [2.45, 2.75) is 31.6 Å². The number of anilines is 1. The van der Waals surface area contributed by atoms with E-state index in [0.717, 1.165) is 5.69 Å². The van der Waals surface area contributed by atoms with Crippen molar-refractivity contribution in [3.8, 4) is 10.7 Å². The third-order valence-corrected chi connectivity index (χ3v) is 8.30. The molecule has 0 saturated carbocycles. The van der Waals surface area contributed by atoms with Gasteiger partial charge in [-0.3, -0.25) is 4.79 Å². The number of benzene rings is 1. The summed E-state index contributed by atoms with van der Waals surface area (Å²) in [6.07, 6.45) is 0.968. The second kappa shape index (κ2) is 8.29. The lowest BCUT2D eigenvalue weighted by atomic mass is 9.97. The van der Waals surface area contributed by atoms with Gasteiger partial charge in [0.15, 0.2) is 0 Å². The maximum Gasteiger partial charge on any atom is 0.244 e. The molecule has 0 bridgehead atoms. The molecule has 158 valence electrons. The smallest absolute Gasteiger partial charge is 0.244 e. The van der Waals surface area contributed by atoms with Gasteiger partial charge in [-0.25, -0.2) is 8.42 Å². The van der Waals surface area contributed by atoms with Crippen molar-refractivity contribution >= 4 is 33.0 Å². The van der Waals surface area contributed by atoms with E-state index in [4.69, 9.17) is 4.52 Å². The van der Waals surface area contributed by atoms with Crippen LogP contribution in [0.5, 0.6) is 0 Å². The molecule has 0 atom stereocenters. The Labute approximate surface area is 179 Å². The van der Waals surface area contributed by atoms with Crippen LogP contribution < -0.4 is 5.32 Å². The molecular weight excluding hydrogens is 424 g/mol. The summed E-state index contributed by atoms with van der Waals surface area (Å²) in [4.78, 5) is 18.3. The van der Waals surface area contributed by atoms with Crippen LogP contribution >= 0.6 is 11.3 Å². The number of carbonyl (C=O) groups excluding carboxylic acids is 1. The minimum atomic E-state index is -3.66. The molecule has 0 radical (unpaired) electrons. The number of carbonyl (C=O) groups is 1. The fraction of sp³-hybridized carbons (Fsp3) is 0.350. The van der Waals surface area contributed by atoms with Gasteiger partial charge in [0.2, 0.25) is 27.6 Å². The summed E-state index contributed by atoms with van der Waals surface area (Å²) in [6, 6.07) is 10.9. The van der Waals surface area contributed by atoms with Gasteiger partial charge in [-0.1, -0.05) is 23.4 Å². The summed E-state index contributed by atoms with van der Waals surface area (Å²) in [6.45, 7) is 4.07. The zero-order valence-electron chi connectivity index (χ0n) is 16.7. The summed E-state index contributed by atoms with van der Waals surface area (Å²) >= 11 is 1.32. The molecular formula is C20H22N4O4S2. The number of nitrogens with zero attached hydrogens (tertiary/aromatic N) is 3. The number of aromatic nitrogens is 2. The third-order valence-electron chi connectivity index (χ3n) is 5.10. The lowest BCUT2D eigenvalue weighted by molar-refractivity contribution is -0.120. The predicted molar refractivity (Wildman–Crippen MR) is 114 cm³/mol. The highest BCUT2D eigenvalue weighted by Crippen LogP contribution is 2.35. The van der Waals surface area contributed by atoms with Gasteiger partial charge in [0.25, 0.3) is 0 Å². The van der Waals surface area contributed by atoms with Crippen LogP contribution in [0, 0.1) is 19.8 Å². The Morgan fingerprint density at radius 3 is 2.53 bits per heavy atom. The van der Waals surface area contributed by atoms with Crippen LogP contribution in [0.4, 0.5) is 5.69 Å². The monoisotopic (exact) mass is 446 g/mol. The molecule has 1 N–H and O–H groups in total. The second-order valence-electron chi connectivity index (χ2n) is 7.20. The van der Waals surface area contributed by atoms with Crippen LogP contribution in [0.25, 0.3) is 10.7 Å². The Morgan fingerprint density at radius 2 is 1.90 bits per heavy atom. The second-order valence-corrected chi connectivity index (χ2v) is 10.4. The first kappa shape index (κ1) is 20.7. The maximum atomic E-state index is 13.2. The van der Waals surface area contributed by atoms with Gasteiger partial charge < -0.3 is 9.84 Å². The fourth-order valence-electron chi connectivity index (χ4n) is 3.49. The largest absolute Gasteiger partial charge is 0.339 e. The molecule has 3 aromatic rings. The van der Waals surface area contributed by atoms with Gasteiger partial charge in [0.05, 0.1) is 9.77 Å². The lowest BCUT2D eigenvalue weighted by Crippen LogP contribution is -2.41. The van der Waals surface area contributed by atoms with Crippen molar-refractivity contribution in [3.05, 3.63) is 47.2 Å². The zero-order chi connectivity index (χ0) is 21.3. The minimum absolute atomic E-state index is 0.0697. The van der Waals surface area contributed by atoms with Gasteiger partial charge >= 0.3 is 0 Å². The van der Waals surface area contributed by atoms with Crippen molar-refractivity contribution in [1.29, 1.82) is 0 Å².